The monoisotopic (exact) mass is 536 g/mol. The van der Waals surface area contributed by atoms with Crippen molar-refractivity contribution in [2.24, 2.45) is 5.10 Å². The number of anilines is 2. The molecular weight excluding hydrogens is 516 g/mol. The van der Waals surface area contributed by atoms with Gasteiger partial charge in [-0.05, 0) is 64.8 Å². The van der Waals surface area contributed by atoms with Gasteiger partial charge in [0.25, 0.3) is 5.91 Å². The van der Waals surface area contributed by atoms with Gasteiger partial charge in [-0.3, -0.25) is 4.79 Å². The maximum Gasteiger partial charge on any atom is 0.271 e. The molecule has 172 valence electrons. The fourth-order valence-electron chi connectivity index (χ4n) is 3.06. The molecule has 1 amide bonds. The third-order valence-corrected chi connectivity index (χ3v) is 6.06. The van der Waals surface area contributed by atoms with Crippen LogP contribution < -0.4 is 15.5 Å². The van der Waals surface area contributed by atoms with E-state index in [1.54, 1.807) is 24.3 Å². The van der Waals surface area contributed by atoms with Crippen molar-refractivity contribution in [2.75, 3.05) is 11.9 Å². The van der Waals surface area contributed by atoms with E-state index in [9.17, 15) is 9.90 Å². The Morgan fingerprint density at radius 3 is 2.68 bits per heavy atom. The first kappa shape index (κ1) is 23.5. The van der Waals surface area contributed by atoms with Crippen LogP contribution in [0.5, 0.6) is 11.5 Å². The molecule has 0 saturated carbocycles. The minimum absolute atomic E-state index is 0.0192. The maximum atomic E-state index is 12.4. The maximum absolute atomic E-state index is 12.4. The molecule has 0 aliphatic rings. The molecule has 1 aromatic heterocycles. The zero-order valence-corrected chi connectivity index (χ0v) is 20.6. The summed E-state index contributed by atoms with van der Waals surface area (Å²) in [5.41, 5.74) is 6.43. The molecule has 3 aromatic carbocycles. The first-order chi connectivity index (χ1) is 16.5. The highest BCUT2D eigenvalue weighted by atomic mass is 79.9. The Morgan fingerprint density at radius 1 is 1.18 bits per heavy atom. The molecule has 0 atom stereocenters. The molecule has 0 saturated heterocycles. The van der Waals surface area contributed by atoms with Gasteiger partial charge >= 0.3 is 0 Å². The van der Waals surface area contributed by atoms with Crippen molar-refractivity contribution in [1.29, 1.82) is 0 Å². The SMILES string of the molecule is CCOc1cc(C=NNC(=O)c2ccc(Nc3nc(-c4ccccc4)cs3)cc2)cc(Br)c1O. The Labute approximate surface area is 209 Å². The molecule has 0 radical (unpaired) electrons. The number of rotatable bonds is 8. The van der Waals surface area contributed by atoms with Gasteiger partial charge in [-0.1, -0.05) is 30.3 Å². The third-order valence-electron chi connectivity index (χ3n) is 4.70. The van der Waals surface area contributed by atoms with Gasteiger partial charge in [0.15, 0.2) is 16.6 Å². The van der Waals surface area contributed by atoms with Crippen molar-refractivity contribution < 1.29 is 14.6 Å². The predicted octanol–water partition coefficient (Wildman–Crippen LogP) is 6.18. The van der Waals surface area contributed by atoms with E-state index in [2.05, 4.69) is 36.8 Å². The Kier molecular flexibility index (Phi) is 7.56. The number of ether oxygens (including phenoxy) is 1. The second kappa shape index (κ2) is 11.0. The van der Waals surface area contributed by atoms with Gasteiger partial charge in [0.1, 0.15) is 0 Å². The lowest BCUT2D eigenvalue weighted by molar-refractivity contribution is 0.0955. The first-order valence-electron chi connectivity index (χ1n) is 10.4. The van der Waals surface area contributed by atoms with Crippen molar-refractivity contribution in [3.63, 3.8) is 0 Å². The van der Waals surface area contributed by atoms with Crippen molar-refractivity contribution in [2.45, 2.75) is 6.92 Å². The third kappa shape index (κ3) is 5.81. The zero-order valence-electron chi connectivity index (χ0n) is 18.2. The van der Waals surface area contributed by atoms with Crippen LogP contribution in [0.4, 0.5) is 10.8 Å². The number of benzene rings is 3. The number of amides is 1. The number of phenols is 1. The predicted molar refractivity (Wildman–Crippen MR) is 139 cm³/mol. The summed E-state index contributed by atoms with van der Waals surface area (Å²) in [6.07, 6.45) is 1.48. The van der Waals surface area contributed by atoms with Crippen molar-refractivity contribution >= 4 is 50.2 Å². The summed E-state index contributed by atoms with van der Waals surface area (Å²) in [6.45, 7) is 2.24. The highest BCUT2D eigenvalue weighted by Gasteiger charge is 2.09. The van der Waals surface area contributed by atoms with Crippen LogP contribution in [0.25, 0.3) is 11.3 Å². The summed E-state index contributed by atoms with van der Waals surface area (Å²) in [5, 5.41) is 20.0. The summed E-state index contributed by atoms with van der Waals surface area (Å²) >= 11 is 4.80. The van der Waals surface area contributed by atoms with Crippen LogP contribution in [0.3, 0.4) is 0 Å². The minimum atomic E-state index is -0.341. The number of hydrogen-bond donors (Lipinski definition) is 3. The van der Waals surface area contributed by atoms with E-state index in [1.807, 2.05) is 54.8 Å². The van der Waals surface area contributed by atoms with Gasteiger partial charge in [-0.25, -0.2) is 10.4 Å². The van der Waals surface area contributed by atoms with Crippen LogP contribution in [-0.2, 0) is 0 Å². The number of aromatic nitrogens is 1. The quantitative estimate of drug-likeness (QED) is 0.184. The Morgan fingerprint density at radius 2 is 1.94 bits per heavy atom. The van der Waals surface area contributed by atoms with Crippen LogP contribution in [0.15, 0.2) is 81.7 Å². The summed E-state index contributed by atoms with van der Waals surface area (Å²) in [7, 11) is 0. The number of nitrogens with zero attached hydrogens (tertiary/aromatic N) is 2. The van der Waals surface area contributed by atoms with Crippen LogP contribution in [0, 0.1) is 0 Å². The smallest absolute Gasteiger partial charge is 0.271 e. The molecule has 0 fully saturated rings. The molecule has 0 aliphatic carbocycles. The van der Waals surface area contributed by atoms with Crippen LogP contribution >= 0.6 is 27.3 Å². The van der Waals surface area contributed by atoms with E-state index in [0.717, 1.165) is 22.1 Å². The number of halogens is 1. The van der Waals surface area contributed by atoms with E-state index in [4.69, 9.17) is 4.74 Å². The lowest BCUT2D eigenvalue weighted by atomic mass is 10.2. The van der Waals surface area contributed by atoms with Gasteiger partial charge < -0.3 is 15.2 Å². The molecule has 7 nitrogen and oxygen atoms in total. The molecule has 3 N–H and O–H groups in total. The fourth-order valence-corrected chi connectivity index (χ4v) is 4.26. The number of aromatic hydroxyl groups is 1. The van der Waals surface area contributed by atoms with Gasteiger partial charge in [0, 0.05) is 22.2 Å². The van der Waals surface area contributed by atoms with Crippen LogP contribution in [0.2, 0.25) is 0 Å². The molecular formula is C25H21BrN4O3S. The minimum Gasteiger partial charge on any atom is -0.503 e. The number of nitrogens with one attached hydrogen (secondary N) is 2. The van der Waals surface area contributed by atoms with Crippen molar-refractivity contribution in [3.8, 4) is 22.8 Å². The summed E-state index contributed by atoms with van der Waals surface area (Å²) in [4.78, 5) is 17.0. The topological polar surface area (TPSA) is 95.8 Å². The highest BCUT2D eigenvalue weighted by molar-refractivity contribution is 9.10. The number of thiazole rings is 1. The zero-order chi connectivity index (χ0) is 23.9. The van der Waals surface area contributed by atoms with Crippen molar-refractivity contribution in [3.05, 3.63) is 87.7 Å². The van der Waals surface area contributed by atoms with Gasteiger partial charge in [-0.15, -0.1) is 11.3 Å². The van der Waals surface area contributed by atoms with E-state index < -0.39 is 0 Å². The number of carbonyl (C=O) groups excluding carboxylic acids is 1. The van der Waals surface area contributed by atoms with E-state index in [0.29, 0.717) is 28.0 Å². The van der Waals surface area contributed by atoms with Crippen LogP contribution in [0.1, 0.15) is 22.8 Å². The summed E-state index contributed by atoms with van der Waals surface area (Å²) in [5.74, 6) is 0.0147. The highest BCUT2D eigenvalue weighted by Crippen LogP contribution is 2.35. The lowest BCUT2D eigenvalue weighted by Crippen LogP contribution is -2.17. The summed E-state index contributed by atoms with van der Waals surface area (Å²) in [6, 6.07) is 20.4. The fraction of sp³-hybridized carbons (Fsp3) is 0.0800. The Hall–Kier alpha value is -3.69. The number of hydrazone groups is 1. The average molecular weight is 537 g/mol. The summed E-state index contributed by atoms with van der Waals surface area (Å²) < 4.78 is 5.87. The van der Waals surface area contributed by atoms with Gasteiger partial charge in [0.05, 0.1) is 23.0 Å². The molecule has 9 heteroatoms. The molecule has 0 unspecified atom stereocenters. The Balaban J connectivity index is 1.36. The lowest BCUT2D eigenvalue weighted by Gasteiger charge is -2.08. The standard InChI is InChI=1S/C25H21BrN4O3S/c1-2-33-22-13-16(12-20(26)23(22)31)14-27-30-24(32)18-8-10-19(11-9-18)28-25-29-21(15-34-25)17-6-4-3-5-7-17/h3-15,31H,2H2,1H3,(H,28,29)(H,30,32). The van der Waals surface area contributed by atoms with Crippen molar-refractivity contribution in [1.82, 2.24) is 10.4 Å². The second-order valence-corrected chi connectivity index (χ2v) is 8.80. The van der Waals surface area contributed by atoms with Crippen LogP contribution in [-0.4, -0.2) is 28.8 Å². The molecule has 34 heavy (non-hydrogen) atoms. The number of phenolic OH excluding ortho intramolecular Hbond substituents is 1. The average Bonchev–Trinajstić information content (AvgIpc) is 3.32. The first-order valence-corrected chi connectivity index (χ1v) is 12.1. The number of carbonyl (C=O) groups is 1. The normalized spacial score (nSPS) is 10.9. The molecule has 0 spiro atoms. The molecule has 1 heterocycles. The second-order valence-electron chi connectivity index (χ2n) is 7.09. The largest absolute Gasteiger partial charge is 0.503 e. The Bertz CT molecular complexity index is 1310. The van der Waals surface area contributed by atoms with E-state index in [1.165, 1.54) is 17.6 Å². The van der Waals surface area contributed by atoms with E-state index >= 15 is 0 Å². The molecule has 0 aliphatic heterocycles. The molecule has 0 bridgehead atoms. The van der Waals surface area contributed by atoms with E-state index in [-0.39, 0.29) is 11.7 Å². The molecule has 4 aromatic rings. The number of hydrogen-bond acceptors (Lipinski definition) is 7. The molecule has 4 rings (SSSR count). The van der Waals surface area contributed by atoms with Gasteiger partial charge in [-0.2, -0.15) is 5.10 Å². The van der Waals surface area contributed by atoms with Gasteiger partial charge in [0.2, 0.25) is 0 Å².